The standard InChI is InChI=1S/C19H17FN4O4S/c1-2-14-10-23(22-21-14)11-16-12-24(19(25)28-16)15-3-4-17(18(20)9-15)13-5-7-29(26,27)8-6-13/h1,3-5,9-10,16H,6-8,11-12H2/t16-/m0/s1. The fraction of sp³-hybridized carbons (Fsp3) is 0.316. The molecular weight excluding hydrogens is 399 g/mol. The molecule has 1 amide bonds. The van der Waals surface area contributed by atoms with Crippen molar-refractivity contribution >= 4 is 27.2 Å². The number of ether oxygens (including phenoxy) is 1. The van der Waals surface area contributed by atoms with Crippen LogP contribution in [0.2, 0.25) is 0 Å². The molecule has 150 valence electrons. The molecule has 4 rings (SSSR count). The molecule has 2 aromatic rings. The second-order valence-electron chi connectivity index (χ2n) is 6.84. The summed E-state index contributed by atoms with van der Waals surface area (Å²) in [5.41, 5.74) is 1.75. The van der Waals surface area contributed by atoms with E-state index in [2.05, 4.69) is 16.2 Å². The molecule has 0 unspecified atom stereocenters. The Balaban J connectivity index is 1.48. The van der Waals surface area contributed by atoms with Crippen LogP contribution in [0.15, 0.2) is 30.5 Å². The van der Waals surface area contributed by atoms with Gasteiger partial charge in [0.05, 0.1) is 36.5 Å². The van der Waals surface area contributed by atoms with Crippen molar-refractivity contribution in [3.05, 3.63) is 47.5 Å². The SMILES string of the molecule is C#Cc1cn(C[C@H]2CN(c3ccc(C4=CCS(=O)(=O)CC4)c(F)c3)C(=O)O2)nn1. The first-order valence-corrected chi connectivity index (χ1v) is 10.7. The van der Waals surface area contributed by atoms with E-state index in [1.165, 1.54) is 15.6 Å². The zero-order valence-electron chi connectivity index (χ0n) is 15.3. The molecule has 1 fully saturated rings. The van der Waals surface area contributed by atoms with Crippen LogP contribution in [0.25, 0.3) is 5.57 Å². The van der Waals surface area contributed by atoms with Gasteiger partial charge in [-0.3, -0.25) is 4.90 Å². The smallest absolute Gasteiger partial charge is 0.414 e. The first-order chi connectivity index (χ1) is 13.8. The molecule has 1 saturated heterocycles. The van der Waals surface area contributed by atoms with Crippen LogP contribution >= 0.6 is 0 Å². The zero-order chi connectivity index (χ0) is 20.6. The van der Waals surface area contributed by atoms with Crippen molar-refractivity contribution in [2.75, 3.05) is 23.0 Å². The molecular formula is C19H17FN4O4S. The number of aromatic nitrogens is 3. The number of rotatable bonds is 4. The molecule has 3 heterocycles. The van der Waals surface area contributed by atoms with Gasteiger partial charge in [-0.2, -0.15) is 0 Å². The Labute approximate surface area is 166 Å². The van der Waals surface area contributed by atoms with Gasteiger partial charge in [0.1, 0.15) is 11.9 Å². The van der Waals surface area contributed by atoms with Gasteiger partial charge in [-0.15, -0.1) is 11.5 Å². The van der Waals surface area contributed by atoms with Crippen LogP contribution in [-0.4, -0.2) is 53.7 Å². The van der Waals surface area contributed by atoms with Crippen molar-refractivity contribution in [1.82, 2.24) is 15.0 Å². The fourth-order valence-corrected chi connectivity index (χ4v) is 4.50. The summed E-state index contributed by atoms with van der Waals surface area (Å²) in [7, 11) is -3.09. The van der Waals surface area contributed by atoms with Crippen molar-refractivity contribution < 1.29 is 22.3 Å². The van der Waals surface area contributed by atoms with Crippen LogP contribution in [0.4, 0.5) is 14.9 Å². The highest BCUT2D eigenvalue weighted by molar-refractivity contribution is 7.91. The van der Waals surface area contributed by atoms with Gasteiger partial charge < -0.3 is 4.74 Å². The van der Waals surface area contributed by atoms with Gasteiger partial charge in [-0.1, -0.05) is 11.3 Å². The summed E-state index contributed by atoms with van der Waals surface area (Å²) >= 11 is 0. The maximum atomic E-state index is 14.7. The van der Waals surface area contributed by atoms with Gasteiger partial charge in [-0.25, -0.2) is 22.3 Å². The molecule has 0 bridgehead atoms. The third-order valence-corrected chi connectivity index (χ3v) is 6.33. The number of terminal acetylenes is 1. The van der Waals surface area contributed by atoms with E-state index in [0.29, 0.717) is 22.5 Å². The Hall–Kier alpha value is -3.19. The maximum Gasteiger partial charge on any atom is 0.414 e. The number of sulfone groups is 1. The van der Waals surface area contributed by atoms with E-state index in [-0.39, 0.29) is 31.0 Å². The van der Waals surface area contributed by atoms with Gasteiger partial charge in [0.2, 0.25) is 0 Å². The molecule has 0 saturated carbocycles. The Morgan fingerprint density at radius 2 is 2.21 bits per heavy atom. The molecule has 0 N–H and O–H groups in total. The number of anilines is 1. The van der Waals surface area contributed by atoms with E-state index >= 15 is 0 Å². The van der Waals surface area contributed by atoms with E-state index in [4.69, 9.17) is 11.2 Å². The summed E-state index contributed by atoms with van der Waals surface area (Å²) in [5.74, 6) is 1.77. The number of hydrogen-bond acceptors (Lipinski definition) is 6. The normalized spacial score (nSPS) is 20.8. The third kappa shape index (κ3) is 4.00. The molecule has 1 aromatic heterocycles. The van der Waals surface area contributed by atoms with E-state index in [0.717, 1.165) is 0 Å². The highest BCUT2D eigenvalue weighted by atomic mass is 32.2. The van der Waals surface area contributed by atoms with Crippen molar-refractivity contribution in [2.45, 2.75) is 19.1 Å². The van der Waals surface area contributed by atoms with E-state index in [1.807, 2.05) is 0 Å². The lowest BCUT2D eigenvalue weighted by Crippen LogP contribution is -2.26. The lowest BCUT2D eigenvalue weighted by atomic mass is 10.0. The number of benzene rings is 1. The van der Waals surface area contributed by atoms with Crippen molar-refractivity contribution in [1.29, 1.82) is 0 Å². The second-order valence-corrected chi connectivity index (χ2v) is 9.07. The van der Waals surface area contributed by atoms with Crippen LogP contribution < -0.4 is 4.90 Å². The van der Waals surface area contributed by atoms with E-state index in [9.17, 15) is 17.6 Å². The Kier molecular flexibility index (Phi) is 4.84. The fourth-order valence-electron chi connectivity index (χ4n) is 3.35. The number of cyclic esters (lactones) is 1. The lowest BCUT2D eigenvalue weighted by Gasteiger charge is -2.17. The molecule has 0 spiro atoms. The third-order valence-electron chi connectivity index (χ3n) is 4.83. The predicted octanol–water partition coefficient (Wildman–Crippen LogP) is 1.63. The first kappa shape index (κ1) is 19.1. The number of amides is 1. The highest BCUT2D eigenvalue weighted by Crippen LogP contribution is 2.30. The Morgan fingerprint density at radius 1 is 1.38 bits per heavy atom. The van der Waals surface area contributed by atoms with E-state index < -0.39 is 27.9 Å². The summed E-state index contributed by atoms with van der Waals surface area (Å²) < 4.78 is 44.6. The van der Waals surface area contributed by atoms with Gasteiger partial charge in [0, 0.05) is 5.56 Å². The van der Waals surface area contributed by atoms with Crippen LogP contribution in [-0.2, 0) is 21.1 Å². The molecule has 10 heteroatoms. The zero-order valence-corrected chi connectivity index (χ0v) is 16.1. The molecule has 2 aliphatic rings. The minimum Gasteiger partial charge on any atom is -0.442 e. The average molecular weight is 416 g/mol. The molecule has 0 aliphatic carbocycles. The lowest BCUT2D eigenvalue weighted by molar-refractivity contribution is 0.129. The second kappa shape index (κ2) is 7.33. The van der Waals surface area contributed by atoms with Crippen LogP contribution in [0.5, 0.6) is 0 Å². The van der Waals surface area contributed by atoms with Crippen LogP contribution in [0, 0.1) is 18.2 Å². The number of carbonyl (C=O) groups excluding carboxylic acids is 1. The number of hydrogen-bond donors (Lipinski definition) is 0. The number of nitrogens with zero attached hydrogens (tertiary/aromatic N) is 4. The van der Waals surface area contributed by atoms with Crippen LogP contribution in [0.1, 0.15) is 17.7 Å². The average Bonchev–Trinajstić information content (AvgIpc) is 3.28. The molecule has 1 atom stereocenters. The molecule has 29 heavy (non-hydrogen) atoms. The molecule has 2 aliphatic heterocycles. The molecule has 8 nitrogen and oxygen atoms in total. The van der Waals surface area contributed by atoms with Gasteiger partial charge in [-0.05, 0) is 36.1 Å². The minimum atomic E-state index is -3.09. The van der Waals surface area contributed by atoms with Gasteiger partial charge in [0.15, 0.2) is 15.5 Å². The quantitative estimate of drug-likeness (QED) is 0.703. The maximum absolute atomic E-state index is 14.7. The molecule has 0 radical (unpaired) electrons. The number of halogens is 1. The first-order valence-electron chi connectivity index (χ1n) is 8.89. The van der Waals surface area contributed by atoms with Gasteiger partial charge in [0.25, 0.3) is 0 Å². The number of carbonyl (C=O) groups is 1. The summed E-state index contributed by atoms with van der Waals surface area (Å²) in [4.78, 5) is 13.6. The molecule has 1 aromatic carbocycles. The Bertz CT molecular complexity index is 1150. The number of allylic oxidation sites excluding steroid dienone is 1. The monoisotopic (exact) mass is 416 g/mol. The Morgan fingerprint density at radius 3 is 2.86 bits per heavy atom. The van der Waals surface area contributed by atoms with Crippen molar-refractivity contribution in [2.24, 2.45) is 0 Å². The largest absolute Gasteiger partial charge is 0.442 e. The van der Waals surface area contributed by atoms with Crippen LogP contribution in [0.3, 0.4) is 0 Å². The summed E-state index contributed by atoms with van der Waals surface area (Å²) in [6.07, 6.45) is 7.57. The van der Waals surface area contributed by atoms with Gasteiger partial charge >= 0.3 is 6.09 Å². The predicted molar refractivity (Wildman–Crippen MR) is 103 cm³/mol. The van der Waals surface area contributed by atoms with Crippen molar-refractivity contribution in [3.63, 3.8) is 0 Å². The minimum absolute atomic E-state index is 0.00380. The summed E-state index contributed by atoms with van der Waals surface area (Å²) in [5, 5.41) is 7.64. The topological polar surface area (TPSA) is 94.4 Å². The summed E-state index contributed by atoms with van der Waals surface area (Å²) in [6, 6.07) is 4.44. The highest BCUT2D eigenvalue weighted by Gasteiger charge is 2.33. The summed E-state index contributed by atoms with van der Waals surface area (Å²) in [6.45, 7) is 0.503. The van der Waals surface area contributed by atoms with Crippen molar-refractivity contribution in [3.8, 4) is 12.3 Å². The van der Waals surface area contributed by atoms with E-state index in [1.54, 1.807) is 24.4 Å².